The zero-order valence-corrected chi connectivity index (χ0v) is 13.8. The second-order valence-electron chi connectivity index (χ2n) is 6.52. The van der Waals surface area contributed by atoms with Crippen LogP contribution in [0, 0.1) is 0 Å². The molecular formula is C19H24N4. The molecule has 0 radical (unpaired) electrons. The normalized spacial score (nSPS) is 20.7. The lowest BCUT2D eigenvalue weighted by Crippen LogP contribution is -2.39. The van der Waals surface area contributed by atoms with Crippen molar-refractivity contribution in [1.82, 2.24) is 9.97 Å². The summed E-state index contributed by atoms with van der Waals surface area (Å²) in [6.45, 7) is 4.40. The number of rotatable bonds is 3. The van der Waals surface area contributed by atoms with Crippen LogP contribution < -0.4 is 9.80 Å². The number of nitrogens with zero attached hydrogens (tertiary/aromatic N) is 4. The predicted molar refractivity (Wildman–Crippen MR) is 94.5 cm³/mol. The Morgan fingerprint density at radius 1 is 1.09 bits per heavy atom. The van der Waals surface area contributed by atoms with Crippen LogP contribution in [0.15, 0.2) is 36.7 Å². The fourth-order valence-electron chi connectivity index (χ4n) is 3.94. The Labute approximate surface area is 138 Å². The molecule has 2 aliphatic heterocycles. The van der Waals surface area contributed by atoms with Gasteiger partial charge in [-0.3, -0.25) is 0 Å². The second-order valence-corrected chi connectivity index (χ2v) is 6.52. The van der Waals surface area contributed by atoms with Gasteiger partial charge in [0, 0.05) is 30.9 Å². The fourth-order valence-corrected chi connectivity index (χ4v) is 3.94. The second kappa shape index (κ2) is 6.19. The van der Waals surface area contributed by atoms with Gasteiger partial charge < -0.3 is 9.80 Å². The van der Waals surface area contributed by atoms with E-state index in [2.05, 4.69) is 57.0 Å². The molecule has 1 saturated heterocycles. The molecule has 0 amide bonds. The van der Waals surface area contributed by atoms with Gasteiger partial charge in [-0.15, -0.1) is 0 Å². The van der Waals surface area contributed by atoms with Crippen LogP contribution in [-0.2, 0) is 6.42 Å². The lowest BCUT2D eigenvalue weighted by atomic mass is 10.00. The Morgan fingerprint density at radius 2 is 1.96 bits per heavy atom. The van der Waals surface area contributed by atoms with E-state index in [9.17, 15) is 0 Å². The molecule has 1 atom stereocenters. The van der Waals surface area contributed by atoms with Crippen molar-refractivity contribution < 1.29 is 0 Å². The number of hydrogen-bond donors (Lipinski definition) is 0. The minimum Gasteiger partial charge on any atom is -0.353 e. The number of hydrogen-bond acceptors (Lipinski definition) is 4. The zero-order chi connectivity index (χ0) is 15.6. The van der Waals surface area contributed by atoms with Crippen molar-refractivity contribution in [3.8, 4) is 0 Å². The van der Waals surface area contributed by atoms with Gasteiger partial charge in [0.05, 0.1) is 0 Å². The van der Waals surface area contributed by atoms with Gasteiger partial charge in [0.25, 0.3) is 0 Å². The van der Waals surface area contributed by atoms with E-state index in [-0.39, 0.29) is 0 Å². The molecule has 0 spiro atoms. The summed E-state index contributed by atoms with van der Waals surface area (Å²) < 4.78 is 0. The highest BCUT2D eigenvalue weighted by Crippen LogP contribution is 2.34. The van der Waals surface area contributed by atoms with Crippen molar-refractivity contribution in [3.05, 3.63) is 42.2 Å². The van der Waals surface area contributed by atoms with E-state index in [1.165, 1.54) is 36.9 Å². The first-order valence-corrected chi connectivity index (χ1v) is 8.81. The summed E-state index contributed by atoms with van der Waals surface area (Å²) >= 11 is 0. The van der Waals surface area contributed by atoms with Crippen molar-refractivity contribution in [3.63, 3.8) is 0 Å². The van der Waals surface area contributed by atoms with Crippen molar-refractivity contribution in [2.75, 3.05) is 22.9 Å². The maximum atomic E-state index is 4.58. The Kier molecular flexibility index (Phi) is 3.90. The Bertz CT molecular complexity index is 685. The van der Waals surface area contributed by atoms with Crippen LogP contribution in [-0.4, -0.2) is 29.1 Å². The molecule has 1 fully saturated rings. The highest BCUT2D eigenvalue weighted by molar-refractivity contribution is 5.68. The summed E-state index contributed by atoms with van der Waals surface area (Å²) in [5, 5.41) is 0. The van der Waals surface area contributed by atoms with Gasteiger partial charge in [-0.05, 0) is 43.7 Å². The highest BCUT2D eigenvalue weighted by atomic mass is 15.3. The monoisotopic (exact) mass is 308 g/mol. The number of benzene rings is 1. The Morgan fingerprint density at radius 3 is 2.87 bits per heavy atom. The number of para-hydroxylation sites is 1. The van der Waals surface area contributed by atoms with Gasteiger partial charge in [0.15, 0.2) is 0 Å². The molecule has 4 nitrogen and oxygen atoms in total. The number of fused-ring (bicyclic) bond motifs is 1. The summed E-state index contributed by atoms with van der Waals surface area (Å²) in [4.78, 5) is 13.9. The zero-order valence-electron chi connectivity index (χ0n) is 13.8. The van der Waals surface area contributed by atoms with E-state index < -0.39 is 0 Å². The molecule has 0 bridgehead atoms. The molecule has 23 heavy (non-hydrogen) atoms. The summed E-state index contributed by atoms with van der Waals surface area (Å²) in [5.74, 6) is 2.12. The van der Waals surface area contributed by atoms with E-state index in [0.717, 1.165) is 31.1 Å². The molecule has 0 saturated carbocycles. The molecule has 4 rings (SSSR count). The molecule has 2 aromatic rings. The van der Waals surface area contributed by atoms with E-state index in [4.69, 9.17) is 0 Å². The standard InChI is InChI=1S/C19H24N4/c1-2-16-8-5-6-11-22(16)18-13-19(21-14-20-18)23-12-10-15-7-3-4-9-17(15)23/h3-4,7,9,13-14,16H,2,5-6,8,10-12H2,1H3. The first-order valence-electron chi connectivity index (χ1n) is 8.81. The Balaban J connectivity index is 1.65. The first-order chi connectivity index (χ1) is 11.4. The van der Waals surface area contributed by atoms with Crippen LogP contribution in [0.4, 0.5) is 17.3 Å². The summed E-state index contributed by atoms with van der Waals surface area (Å²) in [5.41, 5.74) is 2.71. The van der Waals surface area contributed by atoms with E-state index in [1.807, 2.05) is 0 Å². The predicted octanol–water partition coefficient (Wildman–Crippen LogP) is 3.94. The third-order valence-corrected chi connectivity index (χ3v) is 5.19. The summed E-state index contributed by atoms with van der Waals surface area (Å²) in [6.07, 6.45) is 7.90. The van der Waals surface area contributed by atoms with Crippen molar-refractivity contribution in [1.29, 1.82) is 0 Å². The van der Waals surface area contributed by atoms with Gasteiger partial charge in [-0.25, -0.2) is 9.97 Å². The van der Waals surface area contributed by atoms with E-state index in [0.29, 0.717) is 6.04 Å². The van der Waals surface area contributed by atoms with Gasteiger partial charge in [0.2, 0.25) is 0 Å². The van der Waals surface area contributed by atoms with E-state index in [1.54, 1.807) is 6.33 Å². The van der Waals surface area contributed by atoms with Crippen LogP contribution in [0.3, 0.4) is 0 Å². The van der Waals surface area contributed by atoms with Gasteiger partial charge >= 0.3 is 0 Å². The first kappa shape index (κ1) is 14.5. The minimum atomic E-state index is 0.623. The molecule has 3 heterocycles. The molecule has 1 aromatic carbocycles. The number of aromatic nitrogens is 2. The molecule has 120 valence electrons. The van der Waals surface area contributed by atoms with Crippen LogP contribution in [0.1, 0.15) is 38.2 Å². The van der Waals surface area contributed by atoms with Crippen molar-refractivity contribution in [2.45, 2.75) is 45.1 Å². The molecule has 0 aliphatic carbocycles. The Hall–Kier alpha value is -2.10. The van der Waals surface area contributed by atoms with Gasteiger partial charge in [-0.1, -0.05) is 25.1 Å². The lowest BCUT2D eigenvalue weighted by Gasteiger charge is -2.36. The van der Waals surface area contributed by atoms with Crippen LogP contribution in [0.2, 0.25) is 0 Å². The van der Waals surface area contributed by atoms with Crippen LogP contribution in [0.5, 0.6) is 0 Å². The maximum absolute atomic E-state index is 4.58. The quantitative estimate of drug-likeness (QED) is 0.859. The largest absolute Gasteiger partial charge is 0.353 e. The topological polar surface area (TPSA) is 32.3 Å². The molecule has 0 N–H and O–H groups in total. The minimum absolute atomic E-state index is 0.623. The third-order valence-electron chi connectivity index (χ3n) is 5.19. The highest BCUT2D eigenvalue weighted by Gasteiger charge is 2.25. The molecular weight excluding hydrogens is 284 g/mol. The summed E-state index contributed by atoms with van der Waals surface area (Å²) in [7, 11) is 0. The molecule has 1 unspecified atom stereocenters. The smallest absolute Gasteiger partial charge is 0.138 e. The van der Waals surface area contributed by atoms with Gasteiger partial charge in [0.1, 0.15) is 18.0 Å². The summed E-state index contributed by atoms with van der Waals surface area (Å²) in [6, 6.07) is 11.4. The SMILES string of the molecule is CCC1CCCCN1c1cc(N2CCc3ccccc32)ncn1. The number of anilines is 3. The van der Waals surface area contributed by atoms with Crippen LogP contribution >= 0.6 is 0 Å². The lowest BCUT2D eigenvalue weighted by molar-refractivity contribution is 0.446. The van der Waals surface area contributed by atoms with Crippen molar-refractivity contribution in [2.24, 2.45) is 0 Å². The average Bonchev–Trinajstić information content (AvgIpc) is 3.06. The van der Waals surface area contributed by atoms with E-state index >= 15 is 0 Å². The fraction of sp³-hybridized carbons (Fsp3) is 0.474. The molecule has 2 aliphatic rings. The van der Waals surface area contributed by atoms with Crippen LogP contribution in [0.25, 0.3) is 0 Å². The average molecular weight is 308 g/mol. The van der Waals surface area contributed by atoms with Crippen molar-refractivity contribution >= 4 is 17.3 Å². The molecule has 4 heteroatoms. The maximum Gasteiger partial charge on any atom is 0.138 e. The third kappa shape index (κ3) is 2.67. The molecule has 1 aromatic heterocycles. The number of piperidine rings is 1. The van der Waals surface area contributed by atoms with Gasteiger partial charge in [-0.2, -0.15) is 0 Å².